The molecule has 2 saturated heterocycles. The van der Waals surface area contributed by atoms with Crippen LogP contribution >= 0.6 is 0 Å². The van der Waals surface area contributed by atoms with Crippen LogP contribution in [0.3, 0.4) is 0 Å². The van der Waals surface area contributed by atoms with Gasteiger partial charge in [0, 0.05) is 56.9 Å². The second-order valence-electron chi connectivity index (χ2n) is 10.4. The minimum absolute atomic E-state index is 0.0932. The Hall–Kier alpha value is -4.15. The van der Waals surface area contributed by atoms with Crippen LogP contribution in [-0.4, -0.2) is 91.1 Å². The van der Waals surface area contributed by atoms with Crippen molar-refractivity contribution in [2.24, 2.45) is 0 Å². The van der Waals surface area contributed by atoms with Gasteiger partial charge in [0.25, 0.3) is 0 Å². The highest BCUT2D eigenvalue weighted by atomic mass is 16.7. The maximum absolute atomic E-state index is 13.4. The number of carbonyl (C=O) groups excluding carboxylic acids is 3. The molecule has 0 saturated carbocycles. The number of nitrogens with one attached hydrogen (secondary N) is 2. The summed E-state index contributed by atoms with van der Waals surface area (Å²) in [6.45, 7) is 5.24. The van der Waals surface area contributed by atoms with Crippen LogP contribution in [0.25, 0.3) is 10.8 Å². The summed E-state index contributed by atoms with van der Waals surface area (Å²) in [5.41, 5.74) is 1.86. The van der Waals surface area contributed by atoms with Gasteiger partial charge in [-0.25, -0.2) is 0 Å². The lowest BCUT2D eigenvalue weighted by Gasteiger charge is -2.38. The molecule has 0 aromatic heterocycles. The van der Waals surface area contributed by atoms with Gasteiger partial charge in [-0.2, -0.15) is 0 Å². The first-order chi connectivity index (χ1) is 19.5. The number of benzene rings is 3. The van der Waals surface area contributed by atoms with Crippen molar-refractivity contribution in [3.8, 4) is 11.5 Å². The predicted molar refractivity (Wildman–Crippen MR) is 150 cm³/mol. The first-order valence-corrected chi connectivity index (χ1v) is 13.7. The Bertz CT molecular complexity index is 1420. The quantitative estimate of drug-likeness (QED) is 0.470. The number of piperazine rings is 2. The van der Waals surface area contributed by atoms with Crippen molar-refractivity contribution in [3.05, 3.63) is 66.2 Å². The summed E-state index contributed by atoms with van der Waals surface area (Å²) in [4.78, 5) is 45.2. The Morgan fingerprint density at radius 2 is 1.68 bits per heavy atom. The Morgan fingerprint density at radius 3 is 2.55 bits per heavy atom. The molecule has 0 aliphatic carbocycles. The van der Waals surface area contributed by atoms with E-state index in [1.807, 2.05) is 54.6 Å². The number of carbonyl (C=O) groups is 3. The summed E-state index contributed by atoms with van der Waals surface area (Å²) in [6, 6.07) is 18.7. The summed E-state index contributed by atoms with van der Waals surface area (Å²) in [6.07, 6.45) is -0.0932. The number of hydrogen-bond acceptors (Lipinski definition) is 7. The first kappa shape index (κ1) is 26.1. The number of nitrogens with zero attached hydrogens (tertiary/aromatic N) is 3. The molecule has 0 unspecified atom stereocenters. The normalized spacial score (nSPS) is 19.4. The molecule has 2 fully saturated rings. The molecule has 208 valence electrons. The van der Waals surface area contributed by atoms with Gasteiger partial charge in [0.15, 0.2) is 11.5 Å². The maximum Gasteiger partial charge on any atom is 0.243 e. The summed E-state index contributed by atoms with van der Waals surface area (Å²) in [5, 5.41) is 7.70. The van der Waals surface area contributed by atoms with Crippen LogP contribution in [0.5, 0.6) is 11.5 Å². The van der Waals surface area contributed by atoms with Gasteiger partial charge in [-0.3, -0.25) is 24.2 Å². The predicted octanol–water partition coefficient (Wildman–Crippen LogP) is 2.04. The third kappa shape index (κ3) is 5.73. The van der Waals surface area contributed by atoms with Gasteiger partial charge in [0.1, 0.15) is 6.04 Å². The summed E-state index contributed by atoms with van der Waals surface area (Å²) < 4.78 is 10.9. The first-order valence-electron chi connectivity index (χ1n) is 13.7. The van der Waals surface area contributed by atoms with Crippen LogP contribution in [0.15, 0.2) is 60.7 Å². The maximum atomic E-state index is 13.4. The van der Waals surface area contributed by atoms with E-state index >= 15 is 0 Å². The molecule has 0 radical (unpaired) electrons. The van der Waals surface area contributed by atoms with Gasteiger partial charge in [0.05, 0.1) is 13.0 Å². The van der Waals surface area contributed by atoms with Gasteiger partial charge < -0.3 is 25.0 Å². The zero-order chi connectivity index (χ0) is 27.5. The fourth-order valence-electron chi connectivity index (χ4n) is 5.61. The molecule has 3 aromatic carbocycles. The molecule has 3 amide bonds. The Labute approximate surface area is 232 Å². The Kier molecular flexibility index (Phi) is 7.52. The lowest BCUT2D eigenvalue weighted by molar-refractivity contribution is -0.145. The molecule has 1 atom stereocenters. The molecular weight excluding hydrogens is 510 g/mol. The van der Waals surface area contributed by atoms with Crippen molar-refractivity contribution in [2.75, 3.05) is 57.9 Å². The van der Waals surface area contributed by atoms with E-state index in [0.29, 0.717) is 18.8 Å². The molecular formula is C30H33N5O5. The van der Waals surface area contributed by atoms with Gasteiger partial charge >= 0.3 is 0 Å². The van der Waals surface area contributed by atoms with Crippen LogP contribution in [-0.2, 0) is 20.9 Å². The molecule has 6 rings (SSSR count). The highest BCUT2D eigenvalue weighted by Gasteiger charge is 2.35. The average molecular weight is 544 g/mol. The zero-order valence-corrected chi connectivity index (χ0v) is 22.3. The molecule has 10 heteroatoms. The van der Waals surface area contributed by atoms with E-state index in [0.717, 1.165) is 60.6 Å². The van der Waals surface area contributed by atoms with Crippen molar-refractivity contribution in [2.45, 2.75) is 19.0 Å². The highest BCUT2D eigenvalue weighted by molar-refractivity contribution is 6.04. The smallest absolute Gasteiger partial charge is 0.243 e. The molecule has 40 heavy (non-hydrogen) atoms. The molecule has 0 bridgehead atoms. The number of rotatable bonds is 7. The van der Waals surface area contributed by atoms with Gasteiger partial charge in [-0.05, 0) is 29.1 Å². The average Bonchev–Trinajstić information content (AvgIpc) is 3.43. The molecule has 10 nitrogen and oxygen atoms in total. The number of amides is 3. The number of fused-ring (bicyclic) bond motifs is 2. The fourth-order valence-corrected chi connectivity index (χ4v) is 5.61. The lowest BCUT2D eigenvalue weighted by atomic mass is 10.1. The molecule has 0 spiro atoms. The summed E-state index contributed by atoms with van der Waals surface area (Å²) in [5.74, 6) is 0.854. The molecule has 2 N–H and O–H groups in total. The van der Waals surface area contributed by atoms with Crippen molar-refractivity contribution in [1.82, 2.24) is 20.0 Å². The van der Waals surface area contributed by atoms with Gasteiger partial charge in [0.2, 0.25) is 24.5 Å². The molecule has 3 aromatic rings. The van der Waals surface area contributed by atoms with Crippen LogP contribution < -0.4 is 20.1 Å². The number of ether oxygens (including phenoxy) is 2. The molecule has 3 aliphatic heterocycles. The van der Waals surface area contributed by atoms with Crippen LogP contribution in [0.1, 0.15) is 12.0 Å². The zero-order valence-electron chi connectivity index (χ0n) is 22.3. The second kappa shape index (κ2) is 11.5. The number of hydrogen-bond donors (Lipinski definition) is 2. The van der Waals surface area contributed by atoms with Crippen LogP contribution in [0, 0.1) is 0 Å². The van der Waals surface area contributed by atoms with Crippen LogP contribution in [0.4, 0.5) is 5.69 Å². The third-order valence-corrected chi connectivity index (χ3v) is 7.76. The van der Waals surface area contributed by atoms with E-state index in [2.05, 4.69) is 26.5 Å². The van der Waals surface area contributed by atoms with Crippen molar-refractivity contribution in [1.29, 1.82) is 0 Å². The minimum atomic E-state index is -0.830. The SMILES string of the molecule is O=C(C[C@H]1C(=O)NCCN1C(=O)CN1CCN(Cc2ccc3c(c2)OCO3)CC1)Nc1cccc2ccccc12. The summed E-state index contributed by atoms with van der Waals surface area (Å²) >= 11 is 0. The summed E-state index contributed by atoms with van der Waals surface area (Å²) in [7, 11) is 0. The largest absolute Gasteiger partial charge is 0.454 e. The van der Waals surface area contributed by atoms with Crippen LogP contribution in [0.2, 0.25) is 0 Å². The van der Waals surface area contributed by atoms with E-state index in [9.17, 15) is 14.4 Å². The lowest BCUT2D eigenvalue weighted by Crippen LogP contribution is -2.60. The molecule has 3 aliphatic rings. The van der Waals surface area contributed by atoms with E-state index in [1.165, 1.54) is 0 Å². The second-order valence-corrected chi connectivity index (χ2v) is 10.4. The Balaban J connectivity index is 1.03. The van der Waals surface area contributed by atoms with E-state index in [-0.39, 0.29) is 37.5 Å². The standard InChI is InChI=1S/C30H33N5O5/c36-28(32-24-7-3-5-22-4-1-2-6-23(22)24)17-25-30(38)31-10-11-35(25)29(37)19-34-14-12-33(13-15-34)18-21-8-9-26-27(16-21)40-20-39-26/h1-9,16,25H,10-15,17-20H2,(H,31,38)(H,32,36)/t25-/m0/s1. The molecule has 3 heterocycles. The van der Waals surface area contributed by atoms with E-state index in [4.69, 9.17) is 9.47 Å². The van der Waals surface area contributed by atoms with E-state index in [1.54, 1.807) is 4.90 Å². The van der Waals surface area contributed by atoms with Gasteiger partial charge in [-0.1, -0.05) is 42.5 Å². The van der Waals surface area contributed by atoms with Gasteiger partial charge in [-0.15, -0.1) is 0 Å². The Morgan fingerprint density at radius 1 is 0.900 bits per heavy atom. The highest BCUT2D eigenvalue weighted by Crippen LogP contribution is 2.33. The third-order valence-electron chi connectivity index (χ3n) is 7.76. The topological polar surface area (TPSA) is 103 Å². The van der Waals surface area contributed by atoms with Crippen molar-refractivity contribution in [3.63, 3.8) is 0 Å². The minimum Gasteiger partial charge on any atom is -0.454 e. The van der Waals surface area contributed by atoms with E-state index < -0.39 is 6.04 Å². The van der Waals surface area contributed by atoms with Crippen molar-refractivity contribution < 1.29 is 23.9 Å². The fraction of sp³-hybridized carbons (Fsp3) is 0.367. The monoisotopic (exact) mass is 543 g/mol. The van der Waals surface area contributed by atoms with Crippen molar-refractivity contribution >= 4 is 34.2 Å². The number of anilines is 1.